The highest BCUT2D eigenvalue weighted by molar-refractivity contribution is 5.76. The summed E-state index contributed by atoms with van der Waals surface area (Å²) < 4.78 is 5.87. The molecular weight excluding hydrogens is 448 g/mol. The maximum absolute atomic E-state index is 12.9. The van der Waals surface area contributed by atoms with Gasteiger partial charge >= 0.3 is 11.9 Å². The van der Waals surface area contributed by atoms with Gasteiger partial charge < -0.3 is 9.84 Å². The van der Waals surface area contributed by atoms with E-state index in [9.17, 15) is 14.7 Å². The maximum atomic E-state index is 12.9. The van der Waals surface area contributed by atoms with E-state index in [-0.39, 0.29) is 45.1 Å². The van der Waals surface area contributed by atoms with Crippen LogP contribution in [0.3, 0.4) is 0 Å². The zero-order chi connectivity index (χ0) is 26.5. The van der Waals surface area contributed by atoms with Crippen LogP contribution in [0.1, 0.15) is 120 Å². The van der Waals surface area contributed by atoms with Gasteiger partial charge in [0.05, 0.1) is 5.41 Å². The SMILES string of the molecule is CC(=O)OC1CC[C@@]2(C)C(CC[C@@]3(C)C4=CC[C@@]5(C(=O)O)CCC(C)(C)CC5[C@]4(C)CCC23)C1(C)C. The number of aliphatic carboxylic acids is 1. The topological polar surface area (TPSA) is 63.6 Å². The van der Waals surface area contributed by atoms with Crippen LogP contribution in [0.5, 0.6) is 0 Å². The summed E-state index contributed by atoms with van der Waals surface area (Å²) in [7, 11) is 0. The number of hydrogen-bond donors (Lipinski definition) is 1. The van der Waals surface area contributed by atoms with Crippen molar-refractivity contribution >= 4 is 11.9 Å². The number of carbonyl (C=O) groups is 2. The van der Waals surface area contributed by atoms with Gasteiger partial charge in [0.2, 0.25) is 0 Å². The molecule has 0 aromatic heterocycles. The fourth-order valence-corrected chi connectivity index (χ4v) is 11.3. The Morgan fingerprint density at radius 3 is 2.06 bits per heavy atom. The van der Waals surface area contributed by atoms with Crippen molar-refractivity contribution in [2.45, 2.75) is 126 Å². The minimum Gasteiger partial charge on any atom is -0.481 e. The van der Waals surface area contributed by atoms with Crippen molar-refractivity contribution in [2.75, 3.05) is 0 Å². The summed E-state index contributed by atoms with van der Waals surface area (Å²) in [4.78, 5) is 24.7. The molecule has 0 aromatic carbocycles. The highest BCUT2D eigenvalue weighted by Gasteiger charge is 2.68. The van der Waals surface area contributed by atoms with E-state index in [1.54, 1.807) is 12.5 Å². The second-order valence-electron chi connectivity index (χ2n) is 15.7. The summed E-state index contributed by atoms with van der Waals surface area (Å²) in [6, 6.07) is 0. The second-order valence-corrected chi connectivity index (χ2v) is 15.7. The number of ether oxygens (including phenoxy) is 1. The average molecular weight is 499 g/mol. The molecular formula is C32H50O4. The van der Waals surface area contributed by atoms with E-state index < -0.39 is 11.4 Å². The third-order valence-electron chi connectivity index (χ3n) is 13.0. The van der Waals surface area contributed by atoms with Crippen molar-refractivity contribution in [3.63, 3.8) is 0 Å². The first-order valence-electron chi connectivity index (χ1n) is 14.6. The van der Waals surface area contributed by atoms with Gasteiger partial charge in [-0.1, -0.05) is 60.1 Å². The first kappa shape index (κ1) is 26.3. The molecule has 5 rings (SSSR count). The van der Waals surface area contributed by atoms with Crippen LogP contribution < -0.4 is 0 Å². The monoisotopic (exact) mass is 498 g/mol. The Bertz CT molecular complexity index is 992. The van der Waals surface area contributed by atoms with Crippen molar-refractivity contribution in [1.29, 1.82) is 0 Å². The highest BCUT2D eigenvalue weighted by Crippen LogP contribution is 2.75. The number of hydrogen-bond acceptors (Lipinski definition) is 3. The van der Waals surface area contributed by atoms with Crippen molar-refractivity contribution in [1.82, 2.24) is 0 Å². The molecule has 0 aliphatic heterocycles. The first-order chi connectivity index (χ1) is 16.5. The van der Waals surface area contributed by atoms with E-state index in [1.807, 2.05) is 0 Å². The van der Waals surface area contributed by atoms with Crippen molar-refractivity contribution in [3.05, 3.63) is 11.6 Å². The molecule has 4 heteroatoms. The van der Waals surface area contributed by atoms with Crippen molar-refractivity contribution in [3.8, 4) is 0 Å². The Morgan fingerprint density at radius 2 is 1.44 bits per heavy atom. The lowest BCUT2D eigenvalue weighted by Crippen LogP contribution is -2.64. The molecule has 8 atom stereocenters. The smallest absolute Gasteiger partial charge is 0.310 e. The number of fused-ring (bicyclic) bond motifs is 7. The average Bonchev–Trinajstić information content (AvgIpc) is 2.75. The molecule has 202 valence electrons. The van der Waals surface area contributed by atoms with E-state index in [0.29, 0.717) is 18.3 Å². The molecule has 0 saturated heterocycles. The maximum Gasteiger partial charge on any atom is 0.310 e. The van der Waals surface area contributed by atoms with Gasteiger partial charge in [0.1, 0.15) is 6.10 Å². The lowest BCUT2D eigenvalue weighted by Gasteiger charge is -2.70. The second kappa shape index (κ2) is 7.85. The summed E-state index contributed by atoms with van der Waals surface area (Å²) in [5.41, 5.74) is 1.47. The van der Waals surface area contributed by atoms with Gasteiger partial charge in [-0.05, 0) is 104 Å². The molecule has 4 saturated carbocycles. The molecule has 5 aliphatic carbocycles. The van der Waals surface area contributed by atoms with Crippen LogP contribution in [-0.2, 0) is 14.3 Å². The van der Waals surface area contributed by atoms with Gasteiger partial charge in [0.25, 0.3) is 0 Å². The summed E-state index contributed by atoms with van der Waals surface area (Å²) in [5.74, 6) is 0.616. The van der Waals surface area contributed by atoms with Crippen LogP contribution in [0.25, 0.3) is 0 Å². The van der Waals surface area contributed by atoms with Crippen LogP contribution >= 0.6 is 0 Å². The van der Waals surface area contributed by atoms with E-state index in [2.05, 4.69) is 54.5 Å². The summed E-state index contributed by atoms with van der Waals surface area (Å²) in [6.07, 6.45) is 12.6. The third kappa shape index (κ3) is 3.37. The van der Waals surface area contributed by atoms with Crippen LogP contribution in [0, 0.1) is 50.2 Å². The molecule has 4 unspecified atom stereocenters. The summed E-state index contributed by atoms with van der Waals surface area (Å²) in [5, 5.41) is 10.6. The fourth-order valence-electron chi connectivity index (χ4n) is 11.3. The highest BCUT2D eigenvalue weighted by atomic mass is 16.5. The Kier molecular flexibility index (Phi) is 5.74. The third-order valence-corrected chi connectivity index (χ3v) is 13.0. The zero-order valence-corrected chi connectivity index (χ0v) is 24.1. The Balaban J connectivity index is 1.54. The fraction of sp³-hybridized carbons (Fsp3) is 0.875. The number of allylic oxidation sites excluding steroid dienone is 2. The number of rotatable bonds is 2. The number of esters is 1. The van der Waals surface area contributed by atoms with Gasteiger partial charge in [0.15, 0.2) is 0 Å². The van der Waals surface area contributed by atoms with Crippen LogP contribution in [-0.4, -0.2) is 23.1 Å². The molecule has 0 radical (unpaired) electrons. The molecule has 5 aliphatic rings. The number of carboxylic acids is 1. The number of carbonyl (C=O) groups excluding carboxylic acids is 1. The molecule has 0 bridgehead atoms. The number of carboxylic acid groups (broad SMARTS) is 1. The molecule has 0 spiro atoms. The van der Waals surface area contributed by atoms with Crippen molar-refractivity contribution in [2.24, 2.45) is 50.2 Å². The summed E-state index contributed by atoms with van der Waals surface area (Å²) >= 11 is 0. The summed E-state index contributed by atoms with van der Waals surface area (Å²) in [6.45, 7) is 18.4. The predicted molar refractivity (Wildman–Crippen MR) is 142 cm³/mol. The van der Waals surface area contributed by atoms with E-state index in [0.717, 1.165) is 51.4 Å². The van der Waals surface area contributed by atoms with Crippen molar-refractivity contribution < 1.29 is 19.4 Å². The normalized spacial score (nSPS) is 48.8. The Labute approximate surface area is 219 Å². The minimum absolute atomic E-state index is 0.000775. The minimum atomic E-state index is -0.595. The molecule has 36 heavy (non-hydrogen) atoms. The molecule has 0 aromatic rings. The molecule has 1 N–H and O–H groups in total. The van der Waals surface area contributed by atoms with Gasteiger partial charge in [-0.3, -0.25) is 9.59 Å². The molecule has 4 fully saturated rings. The standard InChI is InChI=1S/C32H50O4/c1-20(33)36-25-12-15-29(6)21(28(25,4)5)9-13-30(7)22(29)10-14-31(8)23(30)11-16-32(26(34)35)18-17-27(2,3)19-24(31)32/h11,21-22,24-25H,9-10,12-19H2,1-8H3,(H,34,35)/t21?,22?,24?,25?,29-,30+,31+,32+/m0/s1. The Hall–Kier alpha value is -1.32. The van der Waals surface area contributed by atoms with E-state index in [1.165, 1.54) is 6.42 Å². The molecule has 4 nitrogen and oxygen atoms in total. The van der Waals surface area contributed by atoms with Gasteiger partial charge in [-0.15, -0.1) is 0 Å². The molecule has 0 amide bonds. The lowest BCUT2D eigenvalue weighted by molar-refractivity contribution is -0.200. The predicted octanol–water partition coefficient (Wildman–Crippen LogP) is 7.80. The quantitative estimate of drug-likeness (QED) is 0.311. The van der Waals surface area contributed by atoms with Gasteiger partial charge in [0, 0.05) is 12.3 Å². The lowest BCUT2D eigenvalue weighted by atomic mass is 9.34. The van der Waals surface area contributed by atoms with Gasteiger partial charge in [-0.25, -0.2) is 0 Å². The van der Waals surface area contributed by atoms with E-state index in [4.69, 9.17) is 4.74 Å². The van der Waals surface area contributed by atoms with Crippen LogP contribution in [0.15, 0.2) is 11.6 Å². The van der Waals surface area contributed by atoms with E-state index >= 15 is 0 Å². The Morgan fingerprint density at radius 1 is 0.833 bits per heavy atom. The van der Waals surface area contributed by atoms with Crippen LogP contribution in [0.4, 0.5) is 0 Å². The molecule has 0 heterocycles. The largest absolute Gasteiger partial charge is 0.481 e. The van der Waals surface area contributed by atoms with Crippen LogP contribution in [0.2, 0.25) is 0 Å². The zero-order valence-electron chi connectivity index (χ0n) is 24.1. The van der Waals surface area contributed by atoms with Gasteiger partial charge in [-0.2, -0.15) is 0 Å². The first-order valence-corrected chi connectivity index (χ1v) is 14.6.